The van der Waals surface area contributed by atoms with Crippen molar-refractivity contribution in [2.45, 2.75) is 13.8 Å². The van der Waals surface area contributed by atoms with Gasteiger partial charge in [0.2, 0.25) is 0 Å². The van der Waals surface area contributed by atoms with Gasteiger partial charge in [0, 0.05) is 48.9 Å². The highest BCUT2D eigenvalue weighted by molar-refractivity contribution is 6.34. The van der Waals surface area contributed by atoms with Crippen LogP contribution in [-0.2, 0) is 9.47 Å². The molecule has 5 rings (SSSR count). The van der Waals surface area contributed by atoms with Crippen LogP contribution in [0.4, 0.5) is 17.1 Å². The molecule has 2 aromatic carbocycles. The van der Waals surface area contributed by atoms with E-state index in [1.807, 2.05) is 32.0 Å². The van der Waals surface area contributed by atoms with Crippen molar-refractivity contribution in [1.29, 1.82) is 0 Å². The van der Waals surface area contributed by atoms with E-state index in [1.54, 1.807) is 6.07 Å². The Morgan fingerprint density at radius 1 is 0.800 bits per heavy atom. The Kier molecular flexibility index (Phi) is 7.00. The minimum Gasteiger partial charge on any atom is -0.378 e. The van der Waals surface area contributed by atoms with E-state index in [-0.39, 0.29) is 5.91 Å². The number of rotatable bonds is 5. The summed E-state index contributed by atoms with van der Waals surface area (Å²) < 4.78 is 13.2. The third kappa shape index (κ3) is 5.03. The van der Waals surface area contributed by atoms with Gasteiger partial charge in [-0.25, -0.2) is 0 Å². The van der Waals surface area contributed by atoms with Crippen molar-refractivity contribution in [3.63, 3.8) is 0 Å². The van der Waals surface area contributed by atoms with E-state index >= 15 is 0 Å². The van der Waals surface area contributed by atoms with Gasteiger partial charge in [-0.05, 0) is 62.4 Å². The summed E-state index contributed by atoms with van der Waals surface area (Å²) in [5.74, 6) is -0.229. The molecule has 0 aliphatic carbocycles. The van der Waals surface area contributed by atoms with E-state index in [4.69, 9.17) is 21.1 Å². The number of anilines is 3. The van der Waals surface area contributed by atoms with Crippen molar-refractivity contribution >= 4 is 34.6 Å². The zero-order chi connectivity index (χ0) is 24.4. The number of hydrogen-bond donors (Lipinski definition) is 1. The van der Waals surface area contributed by atoms with E-state index in [0.29, 0.717) is 23.8 Å². The van der Waals surface area contributed by atoms with Crippen molar-refractivity contribution in [2.24, 2.45) is 0 Å². The number of amides is 1. The summed E-state index contributed by atoms with van der Waals surface area (Å²) in [5, 5.41) is 3.56. The van der Waals surface area contributed by atoms with Gasteiger partial charge in [0.1, 0.15) is 0 Å². The van der Waals surface area contributed by atoms with Crippen LogP contribution in [0, 0.1) is 13.8 Å². The molecule has 184 valence electrons. The molecular formula is C27H31ClN4O3. The molecule has 2 saturated heterocycles. The highest BCUT2D eigenvalue weighted by atomic mass is 35.5. The predicted octanol–water partition coefficient (Wildman–Crippen LogP) is 4.67. The molecule has 1 N–H and O–H groups in total. The number of nitrogens with one attached hydrogen (secondary N) is 1. The lowest BCUT2D eigenvalue weighted by atomic mass is 10.1. The van der Waals surface area contributed by atoms with E-state index in [0.717, 1.165) is 73.5 Å². The van der Waals surface area contributed by atoms with Gasteiger partial charge < -0.3 is 29.2 Å². The first-order valence-corrected chi connectivity index (χ1v) is 12.4. The third-order valence-electron chi connectivity index (χ3n) is 6.68. The number of carbonyl (C=O) groups excluding carboxylic acids is 1. The summed E-state index contributed by atoms with van der Waals surface area (Å²) in [6, 6.07) is 15.9. The molecular weight excluding hydrogens is 464 g/mol. The molecule has 8 heteroatoms. The first kappa shape index (κ1) is 23.7. The van der Waals surface area contributed by atoms with Crippen molar-refractivity contribution in [3.8, 4) is 5.69 Å². The minimum absolute atomic E-state index is 0.229. The van der Waals surface area contributed by atoms with Crippen molar-refractivity contribution in [1.82, 2.24) is 4.57 Å². The number of carbonyl (C=O) groups is 1. The second kappa shape index (κ2) is 10.3. The van der Waals surface area contributed by atoms with Gasteiger partial charge in [-0.1, -0.05) is 11.6 Å². The fourth-order valence-electron chi connectivity index (χ4n) is 4.80. The molecule has 3 aromatic rings. The Labute approximate surface area is 211 Å². The zero-order valence-electron chi connectivity index (χ0n) is 20.2. The van der Waals surface area contributed by atoms with Crippen LogP contribution in [-0.4, -0.2) is 63.1 Å². The maximum absolute atomic E-state index is 13.5. The third-order valence-corrected chi connectivity index (χ3v) is 7.01. The maximum atomic E-state index is 13.5. The summed E-state index contributed by atoms with van der Waals surface area (Å²) in [7, 11) is 0. The van der Waals surface area contributed by atoms with Crippen LogP contribution >= 0.6 is 11.6 Å². The Hall–Kier alpha value is -3.00. The highest BCUT2D eigenvalue weighted by Crippen LogP contribution is 2.33. The molecule has 7 nitrogen and oxygen atoms in total. The first-order valence-electron chi connectivity index (χ1n) is 12.1. The van der Waals surface area contributed by atoms with Gasteiger partial charge in [-0.3, -0.25) is 4.79 Å². The van der Waals surface area contributed by atoms with E-state index in [2.05, 4.69) is 43.9 Å². The van der Waals surface area contributed by atoms with Crippen LogP contribution in [0.1, 0.15) is 21.7 Å². The number of morpholine rings is 2. The predicted molar refractivity (Wildman–Crippen MR) is 141 cm³/mol. The number of hydrogen-bond acceptors (Lipinski definition) is 5. The van der Waals surface area contributed by atoms with Gasteiger partial charge in [0.15, 0.2) is 0 Å². The van der Waals surface area contributed by atoms with Gasteiger partial charge in [-0.2, -0.15) is 0 Å². The molecule has 0 saturated carbocycles. The molecule has 0 unspecified atom stereocenters. The number of aromatic nitrogens is 1. The Morgan fingerprint density at radius 3 is 2.06 bits per heavy atom. The second-order valence-electron chi connectivity index (χ2n) is 8.97. The van der Waals surface area contributed by atoms with E-state index in [1.165, 1.54) is 0 Å². The Bertz CT molecular complexity index is 1190. The van der Waals surface area contributed by atoms with Crippen molar-refractivity contribution < 1.29 is 14.3 Å². The SMILES string of the molecule is Cc1ccc(C)n1-c1ccc(Cl)c(C(=O)Nc2ccc(N3CCOCC3)cc2N2CCOCC2)c1. The highest BCUT2D eigenvalue weighted by Gasteiger charge is 2.21. The molecule has 0 spiro atoms. The fraction of sp³-hybridized carbons (Fsp3) is 0.370. The van der Waals surface area contributed by atoms with Gasteiger partial charge in [-0.15, -0.1) is 0 Å². The molecule has 0 bridgehead atoms. The zero-order valence-corrected chi connectivity index (χ0v) is 21.0. The van der Waals surface area contributed by atoms with Crippen molar-refractivity contribution in [3.05, 3.63) is 70.5 Å². The average Bonchev–Trinajstić information content (AvgIpc) is 3.23. The molecule has 3 heterocycles. The minimum atomic E-state index is -0.229. The number of ether oxygens (including phenoxy) is 2. The van der Waals surface area contributed by atoms with Crippen molar-refractivity contribution in [2.75, 3.05) is 67.7 Å². The monoisotopic (exact) mass is 494 g/mol. The summed E-state index contributed by atoms with van der Waals surface area (Å²) in [5.41, 5.74) is 6.46. The van der Waals surface area contributed by atoms with Gasteiger partial charge in [0.25, 0.3) is 5.91 Å². The van der Waals surface area contributed by atoms with Crippen LogP contribution in [0.2, 0.25) is 5.02 Å². The number of nitrogens with zero attached hydrogens (tertiary/aromatic N) is 3. The van der Waals surface area contributed by atoms with Gasteiger partial charge in [0.05, 0.1) is 48.4 Å². The largest absolute Gasteiger partial charge is 0.378 e. The van der Waals surface area contributed by atoms with Crippen LogP contribution in [0.15, 0.2) is 48.5 Å². The second-order valence-corrected chi connectivity index (χ2v) is 9.38. The number of benzene rings is 2. The van der Waals surface area contributed by atoms with Crippen LogP contribution in [0.3, 0.4) is 0 Å². The standard InChI is InChI=1S/C27H31ClN4O3/c1-19-3-4-20(2)32(19)22-5-7-24(28)23(17-22)27(33)29-25-8-6-21(30-9-13-34-14-10-30)18-26(25)31-11-15-35-16-12-31/h3-8,17-18H,9-16H2,1-2H3,(H,29,33). The lowest BCUT2D eigenvalue weighted by Gasteiger charge is -2.33. The van der Waals surface area contributed by atoms with Crippen LogP contribution < -0.4 is 15.1 Å². The van der Waals surface area contributed by atoms with Crippen LogP contribution in [0.5, 0.6) is 0 Å². The lowest BCUT2D eigenvalue weighted by Crippen LogP contribution is -2.38. The molecule has 2 aliphatic rings. The average molecular weight is 495 g/mol. The summed E-state index contributed by atoms with van der Waals surface area (Å²) in [6.45, 7) is 10.1. The molecule has 35 heavy (non-hydrogen) atoms. The fourth-order valence-corrected chi connectivity index (χ4v) is 5.00. The Balaban J connectivity index is 1.46. The lowest BCUT2D eigenvalue weighted by molar-refractivity contribution is 0.102. The van der Waals surface area contributed by atoms with E-state index in [9.17, 15) is 4.79 Å². The summed E-state index contributed by atoms with van der Waals surface area (Å²) in [6.07, 6.45) is 0. The summed E-state index contributed by atoms with van der Waals surface area (Å²) in [4.78, 5) is 18.1. The smallest absolute Gasteiger partial charge is 0.257 e. The number of halogens is 1. The molecule has 1 aromatic heterocycles. The molecule has 2 aliphatic heterocycles. The Morgan fingerprint density at radius 2 is 1.40 bits per heavy atom. The molecule has 0 radical (unpaired) electrons. The molecule has 0 atom stereocenters. The summed E-state index contributed by atoms with van der Waals surface area (Å²) >= 11 is 6.50. The molecule has 1 amide bonds. The first-order chi connectivity index (χ1) is 17.0. The maximum Gasteiger partial charge on any atom is 0.257 e. The topological polar surface area (TPSA) is 59.0 Å². The van der Waals surface area contributed by atoms with Crippen LogP contribution in [0.25, 0.3) is 5.69 Å². The molecule has 2 fully saturated rings. The number of aryl methyl sites for hydroxylation is 2. The quantitative estimate of drug-likeness (QED) is 0.558. The van der Waals surface area contributed by atoms with Gasteiger partial charge >= 0.3 is 0 Å². The van der Waals surface area contributed by atoms with E-state index < -0.39 is 0 Å². The normalized spacial score (nSPS) is 16.4.